The Hall–Kier alpha value is -2.68. The molecule has 106 valence electrons. The van der Waals surface area contributed by atoms with Crippen LogP contribution in [0.3, 0.4) is 0 Å². The number of ether oxygens (including phenoxy) is 1. The monoisotopic (exact) mass is 282 g/mol. The summed E-state index contributed by atoms with van der Waals surface area (Å²) < 4.78 is 6.39. The smallest absolute Gasteiger partial charge is 0.341 e. The fourth-order valence-corrected chi connectivity index (χ4v) is 2.48. The number of hydrogen-bond donors (Lipinski definition) is 0. The molecule has 2 aromatic rings. The number of fused-ring (bicyclic) bond motifs is 1. The standard InChI is InChI=1S/C15H14N4O2/c1-2-21-15(20)12-8-17-19(9-12)14-11(7-16)6-10-4-3-5-13(10)18-14/h6,8-9H,2-5H2,1H3. The van der Waals surface area contributed by atoms with Crippen molar-refractivity contribution < 1.29 is 9.53 Å². The zero-order valence-corrected chi connectivity index (χ0v) is 11.7. The second kappa shape index (κ2) is 5.37. The van der Waals surface area contributed by atoms with Gasteiger partial charge in [-0.1, -0.05) is 0 Å². The van der Waals surface area contributed by atoms with Crippen molar-refractivity contribution in [3.63, 3.8) is 0 Å². The van der Waals surface area contributed by atoms with Crippen LogP contribution >= 0.6 is 0 Å². The van der Waals surface area contributed by atoms with Gasteiger partial charge in [-0.25, -0.2) is 14.5 Å². The Morgan fingerprint density at radius 1 is 1.52 bits per heavy atom. The summed E-state index contributed by atoms with van der Waals surface area (Å²) in [6.45, 7) is 2.06. The van der Waals surface area contributed by atoms with E-state index in [4.69, 9.17) is 4.74 Å². The summed E-state index contributed by atoms with van der Waals surface area (Å²) in [5.41, 5.74) is 2.96. The molecule has 2 heterocycles. The van der Waals surface area contributed by atoms with Gasteiger partial charge in [0.25, 0.3) is 0 Å². The molecule has 0 saturated carbocycles. The minimum absolute atomic E-state index is 0.310. The van der Waals surface area contributed by atoms with Crippen molar-refractivity contribution in [3.8, 4) is 11.9 Å². The zero-order valence-electron chi connectivity index (χ0n) is 11.7. The summed E-state index contributed by atoms with van der Waals surface area (Å²) in [6, 6.07) is 4.02. The maximum absolute atomic E-state index is 11.7. The van der Waals surface area contributed by atoms with Crippen molar-refractivity contribution in [2.24, 2.45) is 0 Å². The SMILES string of the molecule is CCOC(=O)c1cnn(-c2nc3c(cc2C#N)CCC3)c1. The molecular formula is C15H14N4O2. The van der Waals surface area contributed by atoms with Crippen LogP contribution in [0.15, 0.2) is 18.5 Å². The Morgan fingerprint density at radius 3 is 3.14 bits per heavy atom. The molecule has 1 aliphatic carbocycles. The summed E-state index contributed by atoms with van der Waals surface area (Å²) >= 11 is 0. The molecular weight excluding hydrogens is 268 g/mol. The molecule has 6 heteroatoms. The molecule has 0 fully saturated rings. The average Bonchev–Trinajstić information content (AvgIpc) is 3.14. The zero-order chi connectivity index (χ0) is 14.8. The first-order chi connectivity index (χ1) is 10.2. The van der Waals surface area contributed by atoms with E-state index in [2.05, 4.69) is 16.2 Å². The fraction of sp³-hybridized carbons (Fsp3) is 0.333. The van der Waals surface area contributed by atoms with E-state index in [1.807, 2.05) is 6.07 Å². The van der Waals surface area contributed by atoms with Gasteiger partial charge >= 0.3 is 5.97 Å². The molecule has 0 bridgehead atoms. The predicted octanol–water partition coefficient (Wildman–Crippen LogP) is 1.80. The second-order valence-electron chi connectivity index (χ2n) is 4.82. The molecule has 0 atom stereocenters. The molecule has 0 aromatic carbocycles. The van der Waals surface area contributed by atoms with Crippen LogP contribution in [-0.4, -0.2) is 27.3 Å². The third-order valence-electron chi connectivity index (χ3n) is 3.46. The largest absolute Gasteiger partial charge is 0.462 e. The number of nitrogens with zero attached hydrogens (tertiary/aromatic N) is 4. The van der Waals surface area contributed by atoms with Crippen LogP contribution in [0, 0.1) is 11.3 Å². The molecule has 2 aromatic heterocycles. The minimum atomic E-state index is -0.427. The van der Waals surface area contributed by atoms with Crippen LogP contribution < -0.4 is 0 Å². The van der Waals surface area contributed by atoms with Crippen LogP contribution in [0.4, 0.5) is 0 Å². The second-order valence-corrected chi connectivity index (χ2v) is 4.82. The maximum atomic E-state index is 11.7. The molecule has 0 unspecified atom stereocenters. The lowest BCUT2D eigenvalue weighted by Crippen LogP contribution is -2.06. The van der Waals surface area contributed by atoms with Gasteiger partial charge in [0.15, 0.2) is 5.82 Å². The quantitative estimate of drug-likeness (QED) is 0.802. The number of carbonyl (C=O) groups is 1. The molecule has 1 aliphatic rings. The summed E-state index contributed by atoms with van der Waals surface area (Å²) in [4.78, 5) is 16.2. The average molecular weight is 282 g/mol. The van der Waals surface area contributed by atoms with Gasteiger partial charge < -0.3 is 4.74 Å². The molecule has 0 spiro atoms. The Kier molecular flexibility index (Phi) is 3.40. The van der Waals surface area contributed by atoms with Gasteiger partial charge in [-0.2, -0.15) is 10.4 Å². The number of esters is 1. The molecule has 0 N–H and O–H groups in total. The van der Waals surface area contributed by atoms with Gasteiger partial charge in [0.05, 0.1) is 23.9 Å². The van der Waals surface area contributed by atoms with Crippen molar-refractivity contribution in [1.29, 1.82) is 5.26 Å². The molecule has 6 nitrogen and oxygen atoms in total. The lowest BCUT2D eigenvalue weighted by molar-refractivity contribution is 0.0526. The van der Waals surface area contributed by atoms with Crippen LogP contribution in [0.1, 0.15) is 40.5 Å². The number of hydrogen-bond acceptors (Lipinski definition) is 5. The fourth-order valence-electron chi connectivity index (χ4n) is 2.48. The van der Waals surface area contributed by atoms with Gasteiger partial charge in [0.1, 0.15) is 6.07 Å². The number of carbonyl (C=O) groups excluding carboxylic acids is 1. The molecule has 0 amide bonds. The summed E-state index contributed by atoms with van der Waals surface area (Å²) in [7, 11) is 0. The highest BCUT2D eigenvalue weighted by atomic mass is 16.5. The van der Waals surface area contributed by atoms with E-state index >= 15 is 0 Å². The van der Waals surface area contributed by atoms with E-state index in [-0.39, 0.29) is 0 Å². The molecule has 0 saturated heterocycles. The van der Waals surface area contributed by atoms with Crippen molar-refractivity contribution in [3.05, 3.63) is 40.8 Å². The van der Waals surface area contributed by atoms with Gasteiger partial charge in [-0.3, -0.25) is 0 Å². The highest BCUT2D eigenvalue weighted by Crippen LogP contribution is 2.24. The van der Waals surface area contributed by atoms with Crippen LogP contribution in [0.25, 0.3) is 5.82 Å². The van der Waals surface area contributed by atoms with Crippen LogP contribution in [-0.2, 0) is 17.6 Å². The van der Waals surface area contributed by atoms with Crippen molar-refractivity contribution in [2.75, 3.05) is 6.61 Å². The predicted molar refractivity (Wildman–Crippen MR) is 74.1 cm³/mol. The van der Waals surface area contributed by atoms with E-state index in [0.717, 1.165) is 30.5 Å². The number of rotatable bonds is 3. The van der Waals surface area contributed by atoms with E-state index in [1.54, 1.807) is 13.1 Å². The number of aryl methyl sites for hydroxylation is 2. The van der Waals surface area contributed by atoms with E-state index in [9.17, 15) is 10.1 Å². The maximum Gasteiger partial charge on any atom is 0.341 e. The van der Waals surface area contributed by atoms with Crippen molar-refractivity contribution in [2.45, 2.75) is 26.2 Å². The number of nitriles is 1. The van der Waals surface area contributed by atoms with Crippen LogP contribution in [0.2, 0.25) is 0 Å². The normalized spacial score (nSPS) is 12.8. The lowest BCUT2D eigenvalue weighted by Gasteiger charge is -2.06. The lowest BCUT2D eigenvalue weighted by atomic mass is 10.1. The van der Waals surface area contributed by atoms with Crippen molar-refractivity contribution >= 4 is 5.97 Å². The first kappa shape index (κ1) is 13.3. The highest BCUT2D eigenvalue weighted by Gasteiger charge is 2.19. The van der Waals surface area contributed by atoms with E-state index < -0.39 is 5.97 Å². The van der Waals surface area contributed by atoms with Gasteiger partial charge in [-0.05, 0) is 37.8 Å². The van der Waals surface area contributed by atoms with Crippen LogP contribution in [0.5, 0.6) is 0 Å². The highest BCUT2D eigenvalue weighted by molar-refractivity contribution is 5.88. The summed E-state index contributed by atoms with van der Waals surface area (Å²) in [6.07, 6.45) is 5.91. The van der Waals surface area contributed by atoms with E-state index in [1.165, 1.54) is 10.9 Å². The van der Waals surface area contributed by atoms with E-state index in [0.29, 0.717) is 23.6 Å². The number of pyridine rings is 1. The minimum Gasteiger partial charge on any atom is -0.462 e. The molecule has 0 radical (unpaired) electrons. The molecule has 21 heavy (non-hydrogen) atoms. The van der Waals surface area contributed by atoms with Gasteiger partial charge in [0.2, 0.25) is 0 Å². The summed E-state index contributed by atoms with van der Waals surface area (Å²) in [5.74, 6) is 0.0390. The van der Waals surface area contributed by atoms with Gasteiger partial charge in [-0.15, -0.1) is 0 Å². The third-order valence-corrected chi connectivity index (χ3v) is 3.46. The third kappa shape index (κ3) is 2.38. The van der Waals surface area contributed by atoms with Crippen molar-refractivity contribution in [1.82, 2.24) is 14.8 Å². The Bertz CT molecular complexity index is 743. The molecule has 0 aliphatic heterocycles. The Balaban J connectivity index is 2.01. The summed E-state index contributed by atoms with van der Waals surface area (Å²) in [5, 5.41) is 13.4. The Morgan fingerprint density at radius 2 is 2.38 bits per heavy atom. The number of aromatic nitrogens is 3. The first-order valence-electron chi connectivity index (χ1n) is 6.88. The van der Waals surface area contributed by atoms with Gasteiger partial charge in [0, 0.05) is 11.9 Å². The first-order valence-corrected chi connectivity index (χ1v) is 6.88. The molecule has 3 rings (SSSR count). The Labute approximate surface area is 122 Å². The topological polar surface area (TPSA) is 80.8 Å².